The number of hydrazine groups is 1. The Balaban J connectivity index is 1.80. The number of amides is 1. The molecular weight excluding hydrogens is 302 g/mol. The number of nitrogens with one attached hydrogen (secondary N) is 2. The standard InChI is InChI=1S/C15H27N3O3S/c1-11(2)8-12(14(20)15(3)10-21-15)17-13(19)9-16-18-4-6-22-7-5-18/h11-12,16H,4-10H2,1-3H3,(H,17,19)/t12-,15+/m0/s1. The number of carbonyl (C=O) groups excluding carboxylic acids is 2. The Morgan fingerprint density at radius 2 is 1.95 bits per heavy atom. The average molecular weight is 329 g/mol. The normalized spacial score (nSPS) is 26.7. The summed E-state index contributed by atoms with van der Waals surface area (Å²) in [7, 11) is 0. The van der Waals surface area contributed by atoms with Gasteiger partial charge in [0.15, 0.2) is 5.78 Å². The summed E-state index contributed by atoms with van der Waals surface area (Å²) < 4.78 is 5.23. The summed E-state index contributed by atoms with van der Waals surface area (Å²) in [4.78, 5) is 24.6. The lowest BCUT2D eigenvalue weighted by Crippen LogP contribution is -2.52. The fourth-order valence-electron chi connectivity index (χ4n) is 2.47. The maximum absolute atomic E-state index is 12.4. The summed E-state index contributed by atoms with van der Waals surface area (Å²) in [5.74, 6) is 2.35. The number of thioether (sulfide) groups is 1. The Morgan fingerprint density at radius 1 is 1.32 bits per heavy atom. The molecule has 0 spiro atoms. The van der Waals surface area contributed by atoms with Gasteiger partial charge in [-0.1, -0.05) is 13.8 Å². The molecule has 0 saturated carbocycles. The van der Waals surface area contributed by atoms with Crippen molar-refractivity contribution in [2.45, 2.75) is 38.8 Å². The molecule has 1 amide bonds. The molecule has 2 aliphatic rings. The first-order valence-electron chi connectivity index (χ1n) is 7.94. The molecule has 0 aromatic heterocycles. The molecular formula is C15H27N3O3S. The van der Waals surface area contributed by atoms with Gasteiger partial charge in [0.25, 0.3) is 0 Å². The molecule has 0 aromatic carbocycles. The number of ether oxygens (including phenoxy) is 1. The fourth-order valence-corrected chi connectivity index (χ4v) is 3.38. The number of epoxide rings is 1. The quantitative estimate of drug-likeness (QED) is 0.629. The second-order valence-corrected chi connectivity index (χ2v) is 7.79. The lowest BCUT2D eigenvalue weighted by molar-refractivity contribution is -0.130. The first kappa shape index (κ1) is 17.7. The van der Waals surface area contributed by atoms with Crippen LogP contribution in [0.5, 0.6) is 0 Å². The van der Waals surface area contributed by atoms with Crippen molar-refractivity contribution >= 4 is 23.5 Å². The van der Waals surface area contributed by atoms with E-state index in [0.29, 0.717) is 18.9 Å². The largest absolute Gasteiger partial charge is 0.361 e. The van der Waals surface area contributed by atoms with Gasteiger partial charge >= 0.3 is 0 Å². The van der Waals surface area contributed by atoms with E-state index in [4.69, 9.17) is 4.74 Å². The topological polar surface area (TPSA) is 74.0 Å². The molecule has 22 heavy (non-hydrogen) atoms. The first-order valence-corrected chi connectivity index (χ1v) is 9.10. The smallest absolute Gasteiger partial charge is 0.235 e. The summed E-state index contributed by atoms with van der Waals surface area (Å²) in [6, 6.07) is -0.460. The van der Waals surface area contributed by atoms with Gasteiger partial charge in [-0.15, -0.1) is 0 Å². The second kappa shape index (κ2) is 7.77. The van der Waals surface area contributed by atoms with Crippen LogP contribution in [0.2, 0.25) is 0 Å². The second-order valence-electron chi connectivity index (χ2n) is 6.57. The van der Waals surface area contributed by atoms with Crippen molar-refractivity contribution in [3.05, 3.63) is 0 Å². The van der Waals surface area contributed by atoms with E-state index in [2.05, 4.69) is 15.8 Å². The van der Waals surface area contributed by atoms with E-state index in [1.54, 1.807) is 6.92 Å². The predicted octanol–water partition coefficient (Wildman–Crippen LogP) is 0.429. The highest BCUT2D eigenvalue weighted by Gasteiger charge is 2.50. The van der Waals surface area contributed by atoms with Crippen LogP contribution in [0.3, 0.4) is 0 Å². The summed E-state index contributed by atoms with van der Waals surface area (Å²) in [5, 5.41) is 4.94. The van der Waals surface area contributed by atoms with Gasteiger partial charge in [-0.05, 0) is 19.3 Å². The molecule has 126 valence electrons. The maximum Gasteiger partial charge on any atom is 0.235 e. The number of hydrogen-bond donors (Lipinski definition) is 2. The minimum Gasteiger partial charge on any atom is -0.361 e. The van der Waals surface area contributed by atoms with Crippen molar-refractivity contribution < 1.29 is 14.3 Å². The molecule has 0 radical (unpaired) electrons. The van der Waals surface area contributed by atoms with Gasteiger partial charge in [-0.3, -0.25) is 9.59 Å². The van der Waals surface area contributed by atoms with E-state index in [1.165, 1.54) is 0 Å². The van der Waals surface area contributed by atoms with Crippen LogP contribution in [-0.2, 0) is 14.3 Å². The van der Waals surface area contributed by atoms with Crippen molar-refractivity contribution in [2.75, 3.05) is 37.7 Å². The average Bonchev–Trinajstić information content (AvgIpc) is 3.23. The molecule has 0 bridgehead atoms. The van der Waals surface area contributed by atoms with Crippen molar-refractivity contribution in [3.8, 4) is 0 Å². The van der Waals surface area contributed by atoms with Crippen molar-refractivity contribution in [3.63, 3.8) is 0 Å². The molecule has 0 aromatic rings. The van der Waals surface area contributed by atoms with E-state index in [1.807, 2.05) is 25.6 Å². The molecule has 2 heterocycles. The van der Waals surface area contributed by atoms with Crippen LogP contribution in [0.1, 0.15) is 27.2 Å². The summed E-state index contributed by atoms with van der Waals surface area (Å²) in [6.45, 7) is 8.44. The van der Waals surface area contributed by atoms with Gasteiger partial charge < -0.3 is 10.1 Å². The van der Waals surface area contributed by atoms with Crippen LogP contribution >= 0.6 is 11.8 Å². The Labute approximate surface area is 136 Å². The number of ketones is 1. The molecule has 6 nitrogen and oxygen atoms in total. The van der Waals surface area contributed by atoms with E-state index in [0.717, 1.165) is 24.6 Å². The number of nitrogens with zero attached hydrogens (tertiary/aromatic N) is 1. The Kier molecular flexibility index (Phi) is 6.26. The summed E-state index contributed by atoms with van der Waals surface area (Å²) in [6.07, 6.45) is 0.643. The Hall–Kier alpha value is -0.630. The molecule has 2 aliphatic heterocycles. The minimum absolute atomic E-state index is 0.0103. The van der Waals surface area contributed by atoms with Crippen LogP contribution in [0.25, 0.3) is 0 Å². The van der Waals surface area contributed by atoms with Crippen molar-refractivity contribution in [2.24, 2.45) is 5.92 Å². The molecule has 2 atom stereocenters. The zero-order valence-corrected chi connectivity index (χ0v) is 14.5. The maximum atomic E-state index is 12.4. The van der Waals surface area contributed by atoms with Gasteiger partial charge in [0.2, 0.25) is 5.91 Å². The van der Waals surface area contributed by atoms with Crippen molar-refractivity contribution in [1.82, 2.24) is 15.8 Å². The summed E-state index contributed by atoms with van der Waals surface area (Å²) >= 11 is 1.92. The van der Waals surface area contributed by atoms with E-state index in [-0.39, 0.29) is 18.2 Å². The Morgan fingerprint density at radius 3 is 2.50 bits per heavy atom. The molecule has 0 unspecified atom stereocenters. The van der Waals surface area contributed by atoms with Gasteiger partial charge in [0.1, 0.15) is 5.60 Å². The molecule has 7 heteroatoms. The van der Waals surface area contributed by atoms with Crippen LogP contribution in [0.15, 0.2) is 0 Å². The summed E-state index contributed by atoms with van der Waals surface area (Å²) in [5.41, 5.74) is 2.45. The third kappa shape index (κ3) is 5.22. The third-order valence-corrected chi connectivity index (χ3v) is 4.87. The van der Waals surface area contributed by atoms with E-state index >= 15 is 0 Å². The highest BCUT2D eigenvalue weighted by Crippen LogP contribution is 2.29. The number of Topliss-reactive ketones (excluding diaryl/α,β-unsaturated/α-hetero) is 1. The van der Waals surface area contributed by atoms with Crippen LogP contribution < -0.4 is 10.7 Å². The first-order chi connectivity index (χ1) is 10.4. The molecule has 2 saturated heterocycles. The van der Waals surface area contributed by atoms with Gasteiger partial charge in [0, 0.05) is 24.6 Å². The Bertz CT molecular complexity index is 407. The highest BCUT2D eigenvalue weighted by atomic mass is 32.2. The molecule has 2 fully saturated rings. The van der Waals surface area contributed by atoms with Crippen LogP contribution in [0, 0.1) is 5.92 Å². The lowest BCUT2D eigenvalue weighted by atomic mass is 9.93. The zero-order chi connectivity index (χ0) is 16.2. The van der Waals surface area contributed by atoms with Crippen LogP contribution in [0.4, 0.5) is 0 Å². The molecule has 2 N–H and O–H groups in total. The number of hydrogen-bond acceptors (Lipinski definition) is 6. The zero-order valence-electron chi connectivity index (χ0n) is 13.7. The minimum atomic E-state index is -0.690. The fraction of sp³-hybridized carbons (Fsp3) is 0.867. The number of carbonyl (C=O) groups is 2. The van der Waals surface area contributed by atoms with Gasteiger partial charge in [-0.2, -0.15) is 11.8 Å². The van der Waals surface area contributed by atoms with Gasteiger partial charge in [-0.25, -0.2) is 10.4 Å². The molecule has 2 rings (SSSR count). The van der Waals surface area contributed by atoms with Gasteiger partial charge in [0.05, 0.1) is 19.2 Å². The van der Waals surface area contributed by atoms with Crippen molar-refractivity contribution in [1.29, 1.82) is 0 Å². The van der Waals surface area contributed by atoms with E-state index < -0.39 is 11.6 Å². The SMILES string of the molecule is CC(C)C[C@H](NC(=O)CNN1CCSCC1)C(=O)[C@@]1(C)CO1. The lowest BCUT2D eigenvalue weighted by Gasteiger charge is -2.27. The third-order valence-electron chi connectivity index (χ3n) is 3.93. The predicted molar refractivity (Wildman–Crippen MR) is 87.7 cm³/mol. The monoisotopic (exact) mass is 329 g/mol. The van der Waals surface area contributed by atoms with Crippen LogP contribution in [-0.4, -0.2) is 66.1 Å². The number of rotatable bonds is 8. The van der Waals surface area contributed by atoms with E-state index in [9.17, 15) is 9.59 Å². The molecule has 0 aliphatic carbocycles. The highest BCUT2D eigenvalue weighted by molar-refractivity contribution is 7.99.